The van der Waals surface area contributed by atoms with Gasteiger partial charge in [-0.1, -0.05) is 0 Å². The molecule has 0 nitrogen and oxygen atoms in total. The van der Waals surface area contributed by atoms with Crippen molar-refractivity contribution in [2.75, 3.05) is 0 Å². The molecule has 0 aromatic heterocycles. The number of rotatable bonds is 0. The van der Waals surface area contributed by atoms with Gasteiger partial charge in [-0.3, -0.25) is 0 Å². The second-order valence-electron chi connectivity index (χ2n) is 3.07. The SMILES string of the molecule is Brc1[c]c2c(Br)c(Br)c(Br)c(Br)c2c(Br)c1Br. The van der Waals surface area contributed by atoms with Gasteiger partial charge in [0.05, 0.1) is 0 Å². The lowest BCUT2D eigenvalue weighted by Gasteiger charge is -2.12. The minimum absolute atomic E-state index is 0.874. The van der Waals surface area contributed by atoms with Gasteiger partial charge in [-0.25, -0.2) is 0 Å². The Hall–Kier alpha value is 2.06. The van der Waals surface area contributed by atoms with Crippen LogP contribution in [0.15, 0.2) is 31.3 Å². The number of benzene rings is 2. The zero-order valence-electron chi connectivity index (χ0n) is 7.65. The molecule has 0 heterocycles. The summed E-state index contributed by atoms with van der Waals surface area (Å²) in [5.74, 6) is 0. The first-order chi connectivity index (χ1) is 7.86. The van der Waals surface area contributed by atoms with Gasteiger partial charge in [-0.2, -0.15) is 0 Å². The molecule has 0 amide bonds. The van der Waals surface area contributed by atoms with Crippen LogP contribution in [0, 0.1) is 6.07 Å². The van der Waals surface area contributed by atoms with Crippen molar-refractivity contribution in [3.63, 3.8) is 0 Å². The Morgan fingerprint density at radius 3 is 1.59 bits per heavy atom. The summed E-state index contributed by atoms with van der Waals surface area (Å²) in [7, 11) is 0. The van der Waals surface area contributed by atoms with Gasteiger partial charge in [-0.15, -0.1) is 0 Å². The fourth-order valence-electron chi connectivity index (χ4n) is 1.33. The molecule has 2 aromatic rings. The van der Waals surface area contributed by atoms with Gasteiger partial charge < -0.3 is 0 Å². The summed E-state index contributed by atoms with van der Waals surface area (Å²) in [6.07, 6.45) is 0. The smallest absolute Gasteiger partial charge is 0.0477 e. The highest BCUT2D eigenvalue weighted by Gasteiger charge is 2.18. The Bertz CT molecular complexity index is 625. The van der Waals surface area contributed by atoms with Gasteiger partial charge in [0.1, 0.15) is 0 Å². The Labute approximate surface area is 157 Å². The zero-order valence-corrected chi connectivity index (χ0v) is 18.7. The standard InChI is InChI=1S/C10Br7/c11-3-1-2-4(7(14)6(3)13)8(15)10(17)9(16)5(2)12. The van der Waals surface area contributed by atoms with Crippen LogP contribution in [0.4, 0.5) is 0 Å². The molecule has 0 atom stereocenters. The first kappa shape index (κ1) is 15.4. The van der Waals surface area contributed by atoms with Crippen LogP contribution >= 0.6 is 112 Å². The van der Waals surface area contributed by atoms with Crippen molar-refractivity contribution < 1.29 is 0 Å². The van der Waals surface area contributed by atoms with Crippen LogP contribution in [-0.4, -0.2) is 0 Å². The van der Waals surface area contributed by atoms with Crippen LogP contribution < -0.4 is 0 Å². The van der Waals surface area contributed by atoms with E-state index < -0.39 is 0 Å². The van der Waals surface area contributed by atoms with Gasteiger partial charge in [0, 0.05) is 48.1 Å². The maximum Gasteiger partial charge on any atom is 0.0477 e. The molecule has 0 aliphatic rings. The molecule has 17 heavy (non-hydrogen) atoms. The summed E-state index contributed by atoms with van der Waals surface area (Å²) < 4.78 is 6.62. The van der Waals surface area contributed by atoms with E-state index in [-0.39, 0.29) is 0 Å². The van der Waals surface area contributed by atoms with E-state index in [1.807, 2.05) is 0 Å². The topological polar surface area (TPSA) is 0 Å². The van der Waals surface area contributed by atoms with E-state index in [0.29, 0.717) is 0 Å². The van der Waals surface area contributed by atoms with E-state index in [0.717, 1.165) is 42.1 Å². The van der Waals surface area contributed by atoms with Crippen molar-refractivity contribution in [3.05, 3.63) is 37.4 Å². The predicted molar refractivity (Wildman–Crippen MR) is 96.7 cm³/mol. The molecule has 0 aliphatic heterocycles. The molecule has 0 unspecified atom stereocenters. The molecule has 0 spiro atoms. The molecular formula is C10Br7. The van der Waals surface area contributed by atoms with Crippen LogP contribution in [0.1, 0.15) is 0 Å². The molecule has 89 valence electrons. The molecule has 7 heteroatoms. The zero-order chi connectivity index (χ0) is 12.9. The number of fused-ring (bicyclic) bond motifs is 1. The van der Waals surface area contributed by atoms with Crippen molar-refractivity contribution >= 4 is 122 Å². The van der Waals surface area contributed by atoms with Crippen LogP contribution in [0.3, 0.4) is 0 Å². The number of halogens is 7. The lowest BCUT2D eigenvalue weighted by atomic mass is 10.1. The first-order valence-corrected chi connectivity index (χ1v) is 9.62. The summed E-state index contributed by atoms with van der Waals surface area (Å²) in [6.45, 7) is 0. The molecule has 0 bridgehead atoms. The normalized spacial score (nSPS) is 11.2. The quantitative estimate of drug-likeness (QED) is 0.196. The third-order valence-electron chi connectivity index (χ3n) is 2.11. The maximum absolute atomic E-state index is 3.59. The van der Waals surface area contributed by atoms with E-state index in [2.05, 4.69) is 118 Å². The van der Waals surface area contributed by atoms with Gasteiger partial charge in [-0.05, 0) is 112 Å². The monoisotopic (exact) mass is 672 g/mol. The van der Waals surface area contributed by atoms with E-state index in [9.17, 15) is 0 Å². The molecule has 0 saturated carbocycles. The highest BCUT2D eigenvalue weighted by atomic mass is 79.9. The minimum Gasteiger partial charge on any atom is -0.0489 e. The maximum atomic E-state index is 3.59. The Morgan fingerprint density at radius 1 is 0.529 bits per heavy atom. The molecule has 2 rings (SSSR count). The van der Waals surface area contributed by atoms with Crippen LogP contribution in [0.5, 0.6) is 0 Å². The van der Waals surface area contributed by atoms with Crippen molar-refractivity contribution in [1.29, 1.82) is 0 Å². The summed E-state index contributed by atoms with van der Waals surface area (Å²) >= 11 is 24.8. The Balaban J connectivity index is 3.12. The highest BCUT2D eigenvalue weighted by Crippen LogP contribution is 2.48. The number of hydrogen-bond donors (Lipinski definition) is 0. The first-order valence-electron chi connectivity index (χ1n) is 4.07. The van der Waals surface area contributed by atoms with Crippen molar-refractivity contribution in [1.82, 2.24) is 0 Å². The highest BCUT2D eigenvalue weighted by molar-refractivity contribution is 9.15. The van der Waals surface area contributed by atoms with Crippen LogP contribution in [-0.2, 0) is 0 Å². The average Bonchev–Trinajstić information content (AvgIpc) is 2.30. The van der Waals surface area contributed by atoms with E-state index in [4.69, 9.17) is 0 Å². The molecule has 0 N–H and O–H groups in total. The van der Waals surface area contributed by atoms with Gasteiger partial charge in [0.25, 0.3) is 0 Å². The summed E-state index contributed by atoms with van der Waals surface area (Å²) in [4.78, 5) is 0. The van der Waals surface area contributed by atoms with Crippen molar-refractivity contribution in [2.24, 2.45) is 0 Å². The van der Waals surface area contributed by atoms with E-state index >= 15 is 0 Å². The lowest BCUT2D eigenvalue weighted by Crippen LogP contribution is -1.86. The molecule has 0 saturated heterocycles. The fourth-order valence-corrected chi connectivity index (χ4v) is 5.56. The third-order valence-corrected chi connectivity index (χ3v) is 10.1. The Morgan fingerprint density at radius 2 is 1.00 bits per heavy atom. The van der Waals surface area contributed by atoms with Gasteiger partial charge >= 0.3 is 0 Å². The van der Waals surface area contributed by atoms with Gasteiger partial charge in [0.2, 0.25) is 0 Å². The molecule has 0 fully saturated rings. The third kappa shape index (κ3) is 2.63. The fraction of sp³-hybridized carbons (Fsp3) is 0. The van der Waals surface area contributed by atoms with Gasteiger partial charge in [0.15, 0.2) is 0 Å². The van der Waals surface area contributed by atoms with Crippen molar-refractivity contribution in [3.8, 4) is 0 Å². The van der Waals surface area contributed by atoms with Crippen molar-refractivity contribution in [2.45, 2.75) is 0 Å². The molecular weight excluding hydrogens is 679 g/mol. The predicted octanol–water partition coefficient (Wildman–Crippen LogP) is 7.98. The van der Waals surface area contributed by atoms with Crippen LogP contribution in [0.2, 0.25) is 0 Å². The summed E-state index contributed by atoms with van der Waals surface area (Å²) in [6, 6.07) is 3.29. The number of hydrogen-bond acceptors (Lipinski definition) is 0. The lowest BCUT2D eigenvalue weighted by molar-refractivity contribution is 1.51. The summed E-state index contributed by atoms with van der Waals surface area (Å²) in [5, 5.41) is 2.02. The second kappa shape index (κ2) is 5.82. The van der Waals surface area contributed by atoms with E-state index in [1.165, 1.54) is 0 Å². The molecule has 2 aromatic carbocycles. The second-order valence-corrected chi connectivity index (χ2v) is 8.62. The largest absolute Gasteiger partial charge is 0.0489 e. The average molecular weight is 679 g/mol. The Kier molecular flexibility index (Phi) is 5.29. The summed E-state index contributed by atoms with van der Waals surface area (Å²) in [5.41, 5.74) is 0. The van der Waals surface area contributed by atoms with E-state index in [1.54, 1.807) is 0 Å². The molecule has 1 radical (unpaired) electrons. The minimum atomic E-state index is 0.874. The van der Waals surface area contributed by atoms with Crippen LogP contribution in [0.25, 0.3) is 10.8 Å². The molecule has 0 aliphatic carbocycles.